The molecule has 1 aromatic rings. The van der Waals surface area contributed by atoms with Crippen LogP contribution in [0.4, 0.5) is 0 Å². The van der Waals surface area contributed by atoms with Crippen LogP contribution in [0.3, 0.4) is 0 Å². The molecule has 0 aromatic heterocycles. The maximum atomic E-state index is 10.7. The number of aliphatic hydroxyl groups excluding tert-OH is 1. The largest absolute Gasteiger partial charge is 0.388 e. The highest BCUT2D eigenvalue weighted by Crippen LogP contribution is 2.35. The van der Waals surface area contributed by atoms with E-state index >= 15 is 0 Å². The molecule has 110 valence electrons. The number of morpholine rings is 1. The average Bonchev–Trinajstić information content (AvgIpc) is 2.51. The first-order chi connectivity index (χ1) is 9.78. The molecule has 0 bridgehead atoms. The zero-order valence-electron chi connectivity index (χ0n) is 12.3. The third-order valence-corrected chi connectivity index (χ3v) is 4.76. The first kappa shape index (κ1) is 14.1. The summed E-state index contributed by atoms with van der Waals surface area (Å²) in [6.07, 6.45) is 2.93. The Kier molecular flexibility index (Phi) is 4.39. The number of benzene rings is 1. The zero-order valence-corrected chi connectivity index (χ0v) is 12.3. The Hall–Kier alpha value is -0.900. The second kappa shape index (κ2) is 6.25. The molecule has 1 heterocycles. The lowest BCUT2D eigenvalue weighted by Gasteiger charge is -2.36. The van der Waals surface area contributed by atoms with Gasteiger partial charge in [-0.05, 0) is 36.0 Å². The molecule has 0 spiro atoms. The predicted molar refractivity (Wildman–Crippen MR) is 79.8 cm³/mol. The molecule has 2 aliphatic rings. The normalized spacial score (nSPS) is 27.3. The summed E-state index contributed by atoms with van der Waals surface area (Å²) in [5, 5.41) is 10.7. The second-order valence-corrected chi connectivity index (χ2v) is 6.04. The van der Waals surface area contributed by atoms with Crippen LogP contribution >= 0.6 is 0 Å². The predicted octanol–water partition coefficient (Wildman–Crippen LogP) is 2.18. The molecular formula is C17H25NO2. The molecule has 0 amide bonds. The van der Waals surface area contributed by atoms with E-state index in [0.717, 1.165) is 52.1 Å². The van der Waals surface area contributed by atoms with Gasteiger partial charge in [0, 0.05) is 25.6 Å². The van der Waals surface area contributed by atoms with Gasteiger partial charge in [0.05, 0.1) is 19.3 Å². The van der Waals surface area contributed by atoms with Crippen molar-refractivity contribution in [2.75, 3.05) is 32.8 Å². The first-order valence-corrected chi connectivity index (χ1v) is 7.87. The van der Waals surface area contributed by atoms with Crippen molar-refractivity contribution in [2.45, 2.75) is 32.3 Å². The highest BCUT2D eigenvalue weighted by atomic mass is 16.5. The van der Waals surface area contributed by atoms with Crippen LogP contribution in [-0.4, -0.2) is 42.9 Å². The molecule has 2 unspecified atom stereocenters. The van der Waals surface area contributed by atoms with Gasteiger partial charge in [-0.25, -0.2) is 0 Å². The molecular weight excluding hydrogens is 250 g/mol. The number of fused-ring (bicyclic) bond motifs is 1. The van der Waals surface area contributed by atoms with Crippen molar-refractivity contribution in [3.8, 4) is 0 Å². The van der Waals surface area contributed by atoms with Gasteiger partial charge in [0.25, 0.3) is 0 Å². The van der Waals surface area contributed by atoms with E-state index in [2.05, 4.69) is 30.0 Å². The smallest absolute Gasteiger partial charge is 0.0833 e. The molecule has 1 N–H and O–H groups in total. The number of aliphatic hydroxyl groups is 1. The SMILES string of the molecule is CCc1ccc2c(c1)C(O)C(CN1CCOCC1)CC2. The van der Waals surface area contributed by atoms with Crippen molar-refractivity contribution in [3.05, 3.63) is 34.9 Å². The molecule has 0 radical (unpaired) electrons. The third-order valence-electron chi connectivity index (χ3n) is 4.76. The van der Waals surface area contributed by atoms with Crippen molar-refractivity contribution >= 4 is 0 Å². The quantitative estimate of drug-likeness (QED) is 0.918. The standard InChI is InChI=1S/C17H25NO2/c1-2-13-3-4-14-5-6-15(17(19)16(14)11-13)12-18-7-9-20-10-8-18/h3-4,11,15,17,19H,2,5-10,12H2,1H3. The van der Waals surface area contributed by atoms with Gasteiger partial charge < -0.3 is 9.84 Å². The van der Waals surface area contributed by atoms with Crippen LogP contribution in [0.1, 0.15) is 36.1 Å². The lowest BCUT2D eigenvalue weighted by Crippen LogP contribution is -2.41. The van der Waals surface area contributed by atoms with Crippen LogP contribution in [0, 0.1) is 5.92 Å². The van der Waals surface area contributed by atoms with Gasteiger partial charge in [-0.1, -0.05) is 25.1 Å². The van der Waals surface area contributed by atoms with Crippen LogP contribution < -0.4 is 0 Å². The van der Waals surface area contributed by atoms with Gasteiger partial charge >= 0.3 is 0 Å². The molecule has 1 aromatic carbocycles. The molecule has 1 aliphatic heterocycles. The Bertz CT molecular complexity index is 454. The van der Waals surface area contributed by atoms with Crippen molar-refractivity contribution in [1.29, 1.82) is 0 Å². The van der Waals surface area contributed by atoms with Crippen molar-refractivity contribution < 1.29 is 9.84 Å². The minimum absolute atomic E-state index is 0.298. The summed E-state index contributed by atoms with van der Waals surface area (Å²) in [6, 6.07) is 6.63. The molecule has 0 saturated carbocycles. The number of rotatable bonds is 3. The summed E-state index contributed by atoms with van der Waals surface area (Å²) in [5.74, 6) is 0.368. The lowest BCUT2D eigenvalue weighted by atomic mass is 9.80. The highest BCUT2D eigenvalue weighted by molar-refractivity contribution is 5.36. The van der Waals surface area contributed by atoms with Crippen LogP contribution in [0.5, 0.6) is 0 Å². The van der Waals surface area contributed by atoms with Crippen molar-refractivity contribution in [2.24, 2.45) is 5.92 Å². The third kappa shape index (κ3) is 2.90. The maximum Gasteiger partial charge on any atom is 0.0833 e. The molecule has 3 heteroatoms. The topological polar surface area (TPSA) is 32.7 Å². The fourth-order valence-corrected chi connectivity index (χ4v) is 3.43. The number of nitrogens with zero attached hydrogens (tertiary/aromatic N) is 1. The monoisotopic (exact) mass is 275 g/mol. The van der Waals surface area contributed by atoms with Crippen molar-refractivity contribution in [3.63, 3.8) is 0 Å². The van der Waals surface area contributed by atoms with Gasteiger partial charge in [0.1, 0.15) is 0 Å². The van der Waals surface area contributed by atoms with Crippen LogP contribution in [-0.2, 0) is 17.6 Å². The minimum atomic E-state index is -0.298. The Labute approximate surface area is 121 Å². The first-order valence-electron chi connectivity index (χ1n) is 7.87. The van der Waals surface area contributed by atoms with Gasteiger partial charge in [-0.15, -0.1) is 0 Å². The van der Waals surface area contributed by atoms with Gasteiger partial charge in [-0.2, -0.15) is 0 Å². The molecule has 1 saturated heterocycles. The molecule has 3 rings (SSSR count). The second-order valence-electron chi connectivity index (χ2n) is 6.04. The summed E-state index contributed by atoms with van der Waals surface area (Å²) >= 11 is 0. The lowest BCUT2D eigenvalue weighted by molar-refractivity contribution is 0.00749. The molecule has 2 atom stereocenters. The summed E-state index contributed by atoms with van der Waals surface area (Å²) in [4.78, 5) is 2.44. The van der Waals surface area contributed by atoms with Crippen LogP contribution in [0.25, 0.3) is 0 Å². The van der Waals surface area contributed by atoms with Gasteiger partial charge in [0.15, 0.2) is 0 Å². The Morgan fingerprint density at radius 1 is 1.30 bits per heavy atom. The summed E-state index contributed by atoms with van der Waals surface area (Å²) < 4.78 is 5.40. The zero-order chi connectivity index (χ0) is 13.9. The summed E-state index contributed by atoms with van der Waals surface area (Å²) in [7, 11) is 0. The van der Waals surface area contributed by atoms with E-state index in [1.807, 2.05) is 0 Å². The number of hydrogen-bond acceptors (Lipinski definition) is 3. The van der Waals surface area contributed by atoms with Gasteiger partial charge in [0.2, 0.25) is 0 Å². The highest BCUT2D eigenvalue weighted by Gasteiger charge is 2.29. The van der Waals surface area contributed by atoms with Crippen LogP contribution in [0.15, 0.2) is 18.2 Å². The Balaban J connectivity index is 1.72. The van der Waals surface area contributed by atoms with Gasteiger partial charge in [-0.3, -0.25) is 4.90 Å². The number of hydrogen-bond donors (Lipinski definition) is 1. The Morgan fingerprint density at radius 3 is 2.85 bits per heavy atom. The van der Waals surface area contributed by atoms with E-state index in [9.17, 15) is 5.11 Å². The van der Waals surface area contributed by atoms with Crippen LogP contribution in [0.2, 0.25) is 0 Å². The maximum absolute atomic E-state index is 10.7. The fraction of sp³-hybridized carbons (Fsp3) is 0.647. The van der Waals surface area contributed by atoms with E-state index in [1.165, 1.54) is 16.7 Å². The van der Waals surface area contributed by atoms with E-state index in [0.29, 0.717) is 5.92 Å². The minimum Gasteiger partial charge on any atom is -0.388 e. The van der Waals surface area contributed by atoms with E-state index in [-0.39, 0.29) is 6.10 Å². The van der Waals surface area contributed by atoms with E-state index in [1.54, 1.807) is 0 Å². The molecule has 20 heavy (non-hydrogen) atoms. The summed E-state index contributed by atoms with van der Waals surface area (Å²) in [5.41, 5.74) is 3.84. The van der Waals surface area contributed by atoms with Crippen molar-refractivity contribution in [1.82, 2.24) is 4.90 Å². The molecule has 1 fully saturated rings. The summed E-state index contributed by atoms with van der Waals surface area (Å²) in [6.45, 7) is 6.84. The van der Waals surface area contributed by atoms with E-state index < -0.39 is 0 Å². The molecule has 1 aliphatic carbocycles. The average molecular weight is 275 g/mol. The Morgan fingerprint density at radius 2 is 2.10 bits per heavy atom. The number of ether oxygens (including phenoxy) is 1. The number of aryl methyl sites for hydroxylation is 2. The fourth-order valence-electron chi connectivity index (χ4n) is 3.43. The molecule has 3 nitrogen and oxygen atoms in total. The van der Waals surface area contributed by atoms with E-state index in [4.69, 9.17) is 4.74 Å².